The normalized spacial score (nSPS) is 11.4. The van der Waals surface area contributed by atoms with E-state index in [1.165, 1.54) is 4.90 Å². The molecule has 0 radical (unpaired) electrons. The average molecular weight is 336 g/mol. The Morgan fingerprint density at radius 1 is 1.10 bits per heavy atom. The number of carbonyl (C=O) groups excluding carboxylic acids is 1. The first-order valence-electron chi connectivity index (χ1n) is 6.42. The van der Waals surface area contributed by atoms with Gasteiger partial charge < -0.3 is 4.74 Å². The van der Waals surface area contributed by atoms with Crippen LogP contribution in [0.3, 0.4) is 0 Å². The van der Waals surface area contributed by atoms with Gasteiger partial charge in [0.1, 0.15) is 5.60 Å². The predicted octanol–water partition coefficient (Wildman–Crippen LogP) is 4.97. The molecule has 0 heterocycles. The minimum atomic E-state index is -0.493. The second kappa shape index (κ2) is 5.44. The second-order valence-corrected chi connectivity index (χ2v) is 6.63. The van der Waals surface area contributed by atoms with Gasteiger partial charge in [0.15, 0.2) is 0 Å². The number of anilines is 1. The minimum absolute atomic E-state index is 0.353. The van der Waals surface area contributed by atoms with Gasteiger partial charge in [-0.25, -0.2) is 4.79 Å². The second-order valence-electron chi connectivity index (χ2n) is 5.72. The van der Waals surface area contributed by atoms with Gasteiger partial charge in [0.25, 0.3) is 0 Å². The molecule has 0 aliphatic rings. The van der Waals surface area contributed by atoms with Gasteiger partial charge in [0.05, 0.1) is 0 Å². The molecule has 0 unspecified atom stereocenters. The molecule has 20 heavy (non-hydrogen) atoms. The van der Waals surface area contributed by atoms with Gasteiger partial charge in [-0.1, -0.05) is 28.1 Å². The molecule has 0 fully saturated rings. The Labute approximate surface area is 127 Å². The summed E-state index contributed by atoms with van der Waals surface area (Å²) in [6, 6.07) is 11.9. The van der Waals surface area contributed by atoms with Crippen LogP contribution >= 0.6 is 15.9 Å². The summed E-state index contributed by atoms with van der Waals surface area (Å²) in [5, 5.41) is 2.21. The highest BCUT2D eigenvalue weighted by atomic mass is 79.9. The molecule has 0 saturated carbocycles. The van der Waals surface area contributed by atoms with Gasteiger partial charge in [-0.15, -0.1) is 0 Å². The van der Waals surface area contributed by atoms with E-state index in [0.29, 0.717) is 0 Å². The quantitative estimate of drug-likeness (QED) is 0.735. The molecule has 1 amide bonds. The van der Waals surface area contributed by atoms with Crippen LogP contribution in [0.2, 0.25) is 0 Å². The number of amides is 1. The van der Waals surface area contributed by atoms with Crippen LogP contribution in [0, 0.1) is 0 Å². The average Bonchev–Trinajstić information content (AvgIpc) is 2.35. The molecule has 0 aliphatic carbocycles. The Balaban J connectivity index is 2.28. The van der Waals surface area contributed by atoms with Crippen LogP contribution in [0.25, 0.3) is 10.8 Å². The van der Waals surface area contributed by atoms with Crippen molar-refractivity contribution in [2.45, 2.75) is 26.4 Å². The molecule has 106 valence electrons. The molecule has 2 rings (SSSR count). The zero-order chi connectivity index (χ0) is 14.9. The lowest BCUT2D eigenvalue weighted by Crippen LogP contribution is -2.34. The first-order valence-corrected chi connectivity index (χ1v) is 7.21. The molecule has 2 aromatic carbocycles. The highest BCUT2D eigenvalue weighted by Gasteiger charge is 2.20. The standard InChI is InChI=1S/C16H18BrNO2/c1-16(2,3)20-15(19)18(4)14-8-6-11-9-13(17)7-5-12(11)10-14/h5-10H,1-4H3. The van der Waals surface area contributed by atoms with E-state index < -0.39 is 5.60 Å². The van der Waals surface area contributed by atoms with E-state index in [0.717, 1.165) is 20.9 Å². The summed E-state index contributed by atoms with van der Waals surface area (Å²) >= 11 is 3.45. The molecule has 0 aliphatic heterocycles. The van der Waals surface area contributed by atoms with Gasteiger partial charge >= 0.3 is 6.09 Å². The van der Waals surface area contributed by atoms with E-state index in [1.54, 1.807) is 7.05 Å². The highest BCUT2D eigenvalue weighted by Crippen LogP contribution is 2.25. The monoisotopic (exact) mass is 335 g/mol. The minimum Gasteiger partial charge on any atom is -0.443 e. The molecular weight excluding hydrogens is 318 g/mol. The summed E-state index contributed by atoms with van der Waals surface area (Å²) < 4.78 is 6.40. The van der Waals surface area contributed by atoms with Crippen molar-refractivity contribution in [1.29, 1.82) is 0 Å². The molecule has 0 N–H and O–H groups in total. The molecule has 0 aromatic heterocycles. The zero-order valence-corrected chi connectivity index (χ0v) is 13.7. The lowest BCUT2D eigenvalue weighted by atomic mass is 10.1. The van der Waals surface area contributed by atoms with Crippen molar-refractivity contribution in [1.82, 2.24) is 0 Å². The van der Waals surface area contributed by atoms with Gasteiger partial charge in [0, 0.05) is 17.2 Å². The van der Waals surface area contributed by atoms with E-state index in [4.69, 9.17) is 4.74 Å². The molecule has 3 nitrogen and oxygen atoms in total. The van der Waals surface area contributed by atoms with Crippen LogP contribution in [0.5, 0.6) is 0 Å². The zero-order valence-electron chi connectivity index (χ0n) is 12.1. The lowest BCUT2D eigenvalue weighted by Gasteiger charge is -2.24. The fraction of sp³-hybridized carbons (Fsp3) is 0.312. The number of halogens is 1. The largest absolute Gasteiger partial charge is 0.443 e. The maximum Gasteiger partial charge on any atom is 0.414 e. The third-order valence-corrected chi connectivity index (χ3v) is 3.33. The third-order valence-electron chi connectivity index (χ3n) is 2.84. The number of hydrogen-bond acceptors (Lipinski definition) is 2. The predicted molar refractivity (Wildman–Crippen MR) is 86.3 cm³/mol. The summed E-state index contributed by atoms with van der Waals surface area (Å²) in [6.45, 7) is 5.57. The van der Waals surface area contributed by atoms with Gasteiger partial charge in [-0.3, -0.25) is 4.90 Å². The van der Waals surface area contributed by atoms with Crippen molar-refractivity contribution >= 4 is 38.5 Å². The Morgan fingerprint density at radius 2 is 1.70 bits per heavy atom. The Bertz CT molecular complexity index is 646. The number of rotatable bonds is 1. The SMILES string of the molecule is CN(C(=O)OC(C)(C)C)c1ccc2cc(Br)ccc2c1. The Hall–Kier alpha value is -1.55. The van der Waals surface area contributed by atoms with Crippen LogP contribution in [0.1, 0.15) is 20.8 Å². The lowest BCUT2D eigenvalue weighted by molar-refractivity contribution is 0.0589. The van der Waals surface area contributed by atoms with Crippen LogP contribution in [-0.2, 0) is 4.74 Å². The van der Waals surface area contributed by atoms with Crippen molar-refractivity contribution in [2.75, 3.05) is 11.9 Å². The fourth-order valence-electron chi connectivity index (χ4n) is 1.85. The molecule has 0 spiro atoms. The van der Waals surface area contributed by atoms with Gasteiger partial charge in [0.2, 0.25) is 0 Å². The maximum atomic E-state index is 12.0. The summed E-state index contributed by atoms with van der Waals surface area (Å²) in [4.78, 5) is 13.6. The summed E-state index contributed by atoms with van der Waals surface area (Å²) in [6.07, 6.45) is -0.353. The highest BCUT2D eigenvalue weighted by molar-refractivity contribution is 9.10. The van der Waals surface area contributed by atoms with Crippen molar-refractivity contribution < 1.29 is 9.53 Å². The van der Waals surface area contributed by atoms with Crippen LogP contribution in [0.4, 0.5) is 10.5 Å². The molecular formula is C16H18BrNO2. The van der Waals surface area contributed by atoms with Crippen molar-refractivity contribution in [3.8, 4) is 0 Å². The number of hydrogen-bond donors (Lipinski definition) is 0. The summed E-state index contributed by atoms with van der Waals surface area (Å²) in [7, 11) is 1.72. The maximum absolute atomic E-state index is 12.0. The number of nitrogens with zero attached hydrogens (tertiary/aromatic N) is 1. The van der Waals surface area contributed by atoms with Crippen LogP contribution < -0.4 is 4.90 Å². The van der Waals surface area contributed by atoms with Gasteiger partial charge in [-0.2, -0.15) is 0 Å². The van der Waals surface area contributed by atoms with Crippen molar-refractivity contribution in [2.24, 2.45) is 0 Å². The Kier molecular flexibility index (Phi) is 4.04. The summed E-state index contributed by atoms with van der Waals surface area (Å²) in [5.41, 5.74) is 0.321. The third kappa shape index (κ3) is 3.51. The van der Waals surface area contributed by atoms with Crippen molar-refractivity contribution in [3.05, 3.63) is 40.9 Å². The van der Waals surface area contributed by atoms with E-state index in [2.05, 4.69) is 15.9 Å². The molecule has 2 aromatic rings. The topological polar surface area (TPSA) is 29.5 Å². The number of benzene rings is 2. The smallest absolute Gasteiger partial charge is 0.414 e. The molecule has 0 bridgehead atoms. The van der Waals surface area contributed by atoms with E-state index in [9.17, 15) is 4.79 Å². The number of ether oxygens (including phenoxy) is 1. The van der Waals surface area contributed by atoms with E-state index >= 15 is 0 Å². The van der Waals surface area contributed by atoms with Gasteiger partial charge in [-0.05, 0) is 55.8 Å². The fourth-order valence-corrected chi connectivity index (χ4v) is 2.23. The van der Waals surface area contributed by atoms with E-state index in [1.807, 2.05) is 57.2 Å². The number of carbonyl (C=O) groups is 1. The van der Waals surface area contributed by atoms with Crippen LogP contribution in [0.15, 0.2) is 40.9 Å². The van der Waals surface area contributed by atoms with Crippen molar-refractivity contribution in [3.63, 3.8) is 0 Å². The molecule has 4 heteroatoms. The number of fused-ring (bicyclic) bond motifs is 1. The van der Waals surface area contributed by atoms with Crippen LogP contribution in [-0.4, -0.2) is 18.7 Å². The first-order chi connectivity index (χ1) is 9.26. The Morgan fingerprint density at radius 3 is 2.35 bits per heavy atom. The molecule has 0 saturated heterocycles. The molecule has 0 atom stereocenters. The van der Waals surface area contributed by atoms with E-state index in [-0.39, 0.29) is 6.09 Å². The summed E-state index contributed by atoms with van der Waals surface area (Å²) in [5.74, 6) is 0. The first kappa shape index (κ1) is 14.9.